The Morgan fingerprint density at radius 1 is 1.08 bits per heavy atom. The zero-order chi connectivity index (χ0) is 25.7. The monoisotopic (exact) mass is 542 g/mol. The Bertz CT molecular complexity index is 1110. The number of amides is 2. The lowest BCUT2D eigenvalue weighted by molar-refractivity contribution is 0.0172. The highest BCUT2D eigenvalue weighted by Gasteiger charge is 2.55. The van der Waals surface area contributed by atoms with Crippen molar-refractivity contribution in [2.24, 2.45) is 5.92 Å². The van der Waals surface area contributed by atoms with Gasteiger partial charge in [0, 0.05) is 12.1 Å². The van der Waals surface area contributed by atoms with Crippen LogP contribution in [0.1, 0.15) is 61.8 Å². The Morgan fingerprint density at radius 2 is 1.75 bits per heavy atom. The van der Waals surface area contributed by atoms with Crippen LogP contribution in [0.5, 0.6) is 0 Å². The molecule has 2 amide bonds. The summed E-state index contributed by atoms with van der Waals surface area (Å²) in [7, 11) is 12.8. The Balaban J connectivity index is 1.46. The van der Waals surface area contributed by atoms with Crippen molar-refractivity contribution in [3.63, 3.8) is 0 Å². The van der Waals surface area contributed by atoms with Gasteiger partial charge >= 0.3 is 6.03 Å². The SMILES string of the molecule is Cc1cc(C(P)(P)P)ncc1N1CC2(CCC(c3ccccc3)(N(C)C)CC2)N(CC2CCC2)C1=O. The Kier molecular flexibility index (Phi) is 7.28. The smallest absolute Gasteiger partial charge is 0.317 e. The van der Waals surface area contributed by atoms with Crippen molar-refractivity contribution in [2.75, 3.05) is 32.1 Å². The molecule has 8 heteroatoms. The van der Waals surface area contributed by atoms with E-state index in [1.54, 1.807) is 0 Å². The van der Waals surface area contributed by atoms with E-state index in [4.69, 9.17) is 4.98 Å². The first-order chi connectivity index (χ1) is 17.1. The standard InChI is InChI=1S/C28H41N4OP3/c1-20-16-24(28(34,35)36)29-17-23(20)31-19-26(32(25(31)33)18-21-8-7-9-21)12-14-27(15-13-26,30(2)3)22-10-5-4-6-11-22/h4-6,10-11,16-17,21H,7-9,12-15,18-19,34-36H2,1-3H3. The van der Waals surface area contributed by atoms with Crippen molar-refractivity contribution in [1.29, 1.82) is 0 Å². The summed E-state index contributed by atoms with van der Waals surface area (Å²) in [5, 5.41) is 0. The van der Waals surface area contributed by atoms with E-state index in [0.29, 0.717) is 5.92 Å². The van der Waals surface area contributed by atoms with Gasteiger partial charge in [-0.3, -0.25) is 14.8 Å². The van der Waals surface area contributed by atoms with Gasteiger partial charge in [-0.2, -0.15) is 0 Å². The lowest BCUT2D eigenvalue weighted by Crippen LogP contribution is -2.56. The molecule has 0 bridgehead atoms. The molecule has 1 saturated heterocycles. The molecular weight excluding hydrogens is 501 g/mol. The molecule has 2 aromatic rings. The zero-order valence-electron chi connectivity index (χ0n) is 21.9. The van der Waals surface area contributed by atoms with Crippen LogP contribution in [-0.2, 0) is 10.2 Å². The minimum absolute atomic E-state index is 0.0178. The van der Waals surface area contributed by atoms with Gasteiger partial charge in [-0.1, -0.05) is 36.8 Å². The number of urea groups is 1. The van der Waals surface area contributed by atoms with Gasteiger partial charge in [-0.15, -0.1) is 27.7 Å². The number of aryl methyl sites for hydroxylation is 1. The average Bonchev–Trinajstić information content (AvgIpc) is 3.07. The number of anilines is 1. The predicted octanol–water partition coefficient (Wildman–Crippen LogP) is 5.94. The molecule has 2 saturated carbocycles. The summed E-state index contributed by atoms with van der Waals surface area (Å²) in [6.07, 6.45) is 9.85. The molecule has 3 aliphatic rings. The molecular formula is C28H41N4OP3. The second kappa shape index (κ2) is 9.89. The molecule has 1 aromatic carbocycles. The maximum absolute atomic E-state index is 14.1. The van der Waals surface area contributed by atoms with Gasteiger partial charge in [-0.25, -0.2) is 4.79 Å². The fourth-order valence-corrected chi connectivity index (χ4v) is 7.03. The van der Waals surface area contributed by atoms with E-state index in [1.165, 1.54) is 24.8 Å². The second-order valence-electron chi connectivity index (χ2n) is 11.6. The summed E-state index contributed by atoms with van der Waals surface area (Å²) < 4.78 is -0.258. The lowest BCUT2D eigenvalue weighted by atomic mass is 9.68. The first kappa shape index (κ1) is 26.5. The number of hydrogen-bond acceptors (Lipinski definition) is 3. The van der Waals surface area contributed by atoms with Crippen LogP contribution in [-0.4, -0.2) is 53.5 Å². The topological polar surface area (TPSA) is 39.7 Å². The van der Waals surface area contributed by atoms with Gasteiger partial charge in [0.05, 0.1) is 34.3 Å². The van der Waals surface area contributed by atoms with Crippen LogP contribution in [0.15, 0.2) is 42.6 Å². The molecule has 0 N–H and O–H groups in total. The highest BCUT2D eigenvalue weighted by molar-refractivity contribution is 7.56. The Labute approximate surface area is 223 Å². The molecule has 3 atom stereocenters. The number of carbonyl (C=O) groups excluding carboxylic acids is 1. The van der Waals surface area contributed by atoms with E-state index in [1.807, 2.05) is 11.1 Å². The molecule has 2 heterocycles. The van der Waals surface area contributed by atoms with Crippen molar-refractivity contribution in [3.8, 4) is 0 Å². The first-order valence-corrected chi connectivity index (χ1v) is 14.9. The number of nitrogens with zero attached hydrogens (tertiary/aromatic N) is 4. The van der Waals surface area contributed by atoms with Crippen molar-refractivity contribution in [2.45, 2.75) is 67.6 Å². The highest BCUT2D eigenvalue weighted by atomic mass is 31.1. The van der Waals surface area contributed by atoms with Crippen molar-refractivity contribution in [3.05, 3.63) is 59.4 Å². The molecule has 3 unspecified atom stereocenters. The van der Waals surface area contributed by atoms with Crippen molar-refractivity contribution >= 4 is 39.4 Å². The molecule has 5 nitrogen and oxygen atoms in total. The third-order valence-corrected chi connectivity index (χ3v) is 10.0. The second-order valence-corrected chi connectivity index (χ2v) is 16.4. The number of aromatic nitrogens is 1. The van der Waals surface area contributed by atoms with E-state index in [0.717, 1.165) is 55.7 Å². The van der Waals surface area contributed by atoms with Gasteiger partial charge in [0.15, 0.2) is 0 Å². The van der Waals surface area contributed by atoms with Crippen LogP contribution >= 0.6 is 27.7 Å². The average molecular weight is 543 g/mol. The molecule has 3 fully saturated rings. The predicted molar refractivity (Wildman–Crippen MR) is 160 cm³/mol. The maximum Gasteiger partial charge on any atom is 0.325 e. The van der Waals surface area contributed by atoms with Crippen molar-refractivity contribution in [1.82, 2.24) is 14.8 Å². The molecule has 1 spiro atoms. The number of benzene rings is 1. The van der Waals surface area contributed by atoms with E-state index in [-0.39, 0.29) is 21.7 Å². The van der Waals surface area contributed by atoms with Gasteiger partial charge < -0.3 is 4.90 Å². The van der Waals surface area contributed by atoms with E-state index < -0.39 is 0 Å². The molecule has 5 rings (SSSR count). The summed E-state index contributed by atoms with van der Waals surface area (Å²) in [5.74, 6) is 0.647. The van der Waals surface area contributed by atoms with Crippen LogP contribution in [0.25, 0.3) is 0 Å². The molecule has 2 aliphatic carbocycles. The third kappa shape index (κ3) is 4.64. The number of hydrogen-bond donors (Lipinski definition) is 0. The normalized spacial score (nSPS) is 27.2. The van der Waals surface area contributed by atoms with Crippen LogP contribution in [0.2, 0.25) is 0 Å². The fraction of sp³-hybridized carbons (Fsp3) is 0.571. The highest BCUT2D eigenvalue weighted by Crippen LogP contribution is 2.51. The Hall–Kier alpha value is -1.11. The summed E-state index contributed by atoms with van der Waals surface area (Å²) in [5.41, 5.74) is 4.32. The zero-order valence-corrected chi connectivity index (χ0v) is 25.4. The van der Waals surface area contributed by atoms with Crippen LogP contribution in [0.4, 0.5) is 10.5 Å². The number of rotatable bonds is 6. The van der Waals surface area contributed by atoms with Gasteiger partial charge in [0.2, 0.25) is 0 Å². The first-order valence-electron chi connectivity index (χ1n) is 13.2. The van der Waals surface area contributed by atoms with Crippen LogP contribution in [0, 0.1) is 12.8 Å². The number of carbonyl (C=O) groups is 1. The lowest BCUT2D eigenvalue weighted by Gasteiger charge is -2.51. The van der Waals surface area contributed by atoms with E-state index in [9.17, 15) is 4.79 Å². The molecule has 0 radical (unpaired) electrons. The molecule has 1 aliphatic heterocycles. The van der Waals surface area contributed by atoms with Gasteiger partial charge in [0.1, 0.15) is 0 Å². The minimum Gasteiger partial charge on any atom is -0.317 e. The van der Waals surface area contributed by atoms with Crippen molar-refractivity contribution < 1.29 is 4.79 Å². The van der Waals surface area contributed by atoms with Crippen LogP contribution < -0.4 is 4.90 Å². The quantitative estimate of drug-likeness (QED) is 0.425. The summed E-state index contributed by atoms with van der Waals surface area (Å²) in [6.45, 7) is 3.76. The Morgan fingerprint density at radius 3 is 2.28 bits per heavy atom. The molecule has 36 heavy (non-hydrogen) atoms. The maximum atomic E-state index is 14.1. The van der Waals surface area contributed by atoms with E-state index >= 15 is 0 Å². The van der Waals surface area contributed by atoms with Crippen LogP contribution in [0.3, 0.4) is 0 Å². The van der Waals surface area contributed by atoms with Gasteiger partial charge in [0.25, 0.3) is 0 Å². The third-order valence-electron chi connectivity index (χ3n) is 9.15. The van der Waals surface area contributed by atoms with E-state index in [2.05, 4.69) is 94.9 Å². The number of pyridine rings is 1. The minimum atomic E-state index is -0.258. The van der Waals surface area contributed by atoms with Gasteiger partial charge in [-0.05, 0) is 82.7 Å². The summed E-state index contributed by atoms with van der Waals surface area (Å²) in [4.78, 5) is 25.5. The summed E-state index contributed by atoms with van der Waals surface area (Å²) >= 11 is 0. The molecule has 194 valence electrons. The largest absolute Gasteiger partial charge is 0.325 e. The summed E-state index contributed by atoms with van der Waals surface area (Å²) in [6, 6.07) is 13.2. The fourth-order valence-electron chi connectivity index (χ4n) is 6.56. The molecule has 1 aromatic heterocycles.